The van der Waals surface area contributed by atoms with Crippen molar-refractivity contribution >= 4 is 21.7 Å². The van der Waals surface area contributed by atoms with Gasteiger partial charge in [-0.05, 0) is 62.4 Å². The van der Waals surface area contributed by atoms with E-state index in [1.807, 2.05) is 6.07 Å². The summed E-state index contributed by atoms with van der Waals surface area (Å²) < 4.78 is 26.6. The molecule has 0 amide bonds. The predicted molar refractivity (Wildman–Crippen MR) is 87.8 cm³/mol. The monoisotopic (exact) mass is 338 g/mol. The van der Waals surface area contributed by atoms with Gasteiger partial charge in [-0.2, -0.15) is 0 Å². The highest BCUT2D eigenvalue weighted by Crippen LogP contribution is 2.30. The minimum Gasteiger partial charge on any atom is -0.481 e. The standard InChI is InChI=1S/C16H22N2O4S/c19-16(20)15(12-6-7-17-10-12)9-11-2-1-3-13(8-11)18-23(21,22)14-4-5-14/h1-3,8,12,14-15,17-18H,4-7,9-10H2,(H,19,20)/t12-,15-/m0/s1. The number of carbonyl (C=O) groups is 1. The van der Waals surface area contributed by atoms with Crippen molar-refractivity contribution < 1.29 is 18.3 Å². The molecular formula is C16H22N2O4S. The summed E-state index contributed by atoms with van der Waals surface area (Å²) >= 11 is 0. The third-order valence-corrected chi connectivity index (χ3v) is 6.46. The van der Waals surface area contributed by atoms with Crippen molar-refractivity contribution in [2.75, 3.05) is 17.8 Å². The van der Waals surface area contributed by atoms with Crippen molar-refractivity contribution in [3.05, 3.63) is 29.8 Å². The van der Waals surface area contributed by atoms with Crippen LogP contribution in [0, 0.1) is 11.8 Å². The quantitative estimate of drug-likeness (QED) is 0.699. The maximum absolute atomic E-state index is 12.0. The van der Waals surface area contributed by atoms with Crippen molar-refractivity contribution in [3.63, 3.8) is 0 Å². The van der Waals surface area contributed by atoms with Crippen LogP contribution >= 0.6 is 0 Å². The smallest absolute Gasteiger partial charge is 0.307 e. The molecule has 0 unspecified atom stereocenters. The number of anilines is 1. The van der Waals surface area contributed by atoms with Crippen LogP contribution in [0.25, 0.3) is 0 Å². The van der Waals surface area contributed by atoms with Crippen molar-refractivity contribution in [1.82, 2.24) is 5.32 Å². The average Bonchev–Trinajstić information content (AvgIpc) is 3.22. The van der Waals surface area contributed by atoms with Crippen molar-refractivity contribution in [1.29, 1.82) is 0 Å². The average molecular weight is 338 g/mol. The normalized spacial score (nSPS) is 22.7. The molecule has 2 fully saturated rings. The van der Waals surface area contributed by atoms with Gasteiger partial charge in [-0.1, -0.05) is 12.1 Å². The lowest BCUT2D eigenvalue weighted by molar-refractivity contribution is -0.143. The Bertz CT molecular complexity index is 679. The molecule has 7 heteroatoms. The molecule has 6 nitrogen and oxygen atoms in total. The van der Waals surface area contributed by atoms with Gasteiger partial charge >= 0.3 is 5.97 Å². The van der Waals surface area contributed by atoms with Crippen LogP contribution in [0.5, 0.6) is 0 Å². The van der Waals surface area contributed by atoms with Gasteiger partial charge in [0.15, 0.2) is 0 Å². The zero-order valence-electron chi connectivity index (χ0n) is 12.9. The van der Waals surface area contributed by atoms with E-state index in [1.165, 1.54) is 0 Å². The van der Waals surface area contributed by atoms with Crippen LogP contribution in [0.3, 0.4) is 0 Å². The van der Waals surface area contributed by atoms with E-state index in [4.69, 9.17) is 0 Å². The van der Waals surface area contributed by atoms with Gasteiger partial charge in [0.1, 0.15) is 0 Å². The van der Waals surface area contributed by atoms with Gasteiger partial charge in [0, 0.05) is 5.69 Å². The number of aliphatic carboxylic acids is 1. The Hall–Kier alpha value is -1.60. The molecule has 1 heterocycles. The lowest BCUT2D eigenvalue weighted by Crippen LogP contribution is -2.27. The van der Waals surface area contributed by atoms with Gasteiger partial charge in [0.05, 0.1) is 11.2 Å². The summed E-state index contributed by atoms with van der Waals surface area (Å²) in [4.78, 5) is 11.6. The molecule has 0 bridgehead atoms. The van der Waals surface area contributed by atoms with E-state index in [0.29, 0.717) is 24.9 Å². The summed E-state index contributed by atoms with van der Waals surface area (Å²) in [6.45, 7) is 1.58. The number of carboxylic acids is 1. The Labute approximate surface area is 136 Å². The molecule has 1 saturated carbocycles. The van der Waals surface area contributed by atoms with Crippen LogP contribution in [-0.4, -0.2) is 37.8 Å². The molecule has 23 heavy (non-hydrogen) atoms. The number of sulfonamides is 1. The number of carboxylic acid groups (broad SMARTS) is 1. The predicted octanol–water partition coefficient (Wildman–Crippen LogP) is 1.44. The number of hydrogen-bond donors (Lipinski definition) is 3. The third-order valence-electron chi connectivity index (χ3n) is 4.59. The molecule has 3 N–H and O–H groups in total. The summed E-state index contributed by atoms with van der Waals surface area (Å²) in [5.74, 6) is -1.11. The summed E-state index contributed by atoms with van der Waals surface area (Å²) in [6, 6.07) is 7.08. The van der Waals surface area contributed by atoms with Crippen LogP contribution in [0.15, 0.2) is 24.3 Å². The van der Waals surface area contributed by atoms with Crippen LogP contribution in [-0.2, 0) is 21.2 Å². The van der Waals surface area contributed by atoms with Crippen molar-refractivity contribution in [3.8, 4) is 0 Å². The van der Waals surface area contributed by atoms with Crippen LogP contribution < -0.4 is 10.0 Å². The van der Waals surface area contributed by atoms with E-state index in [-0.39, 0.29) is 11.2 Å². The fraction of sp³-hybridized carbons (Fsp3) is 0.562. The Morgan fingerprint density at radius 2 is 2.13 bits per heavy atom. The maximum atomic E-state index is 12.0. The van der Waals surface area contributed by atoms with E-state index in [1.54, 1.807) is 18.2 Å². The topological polar surface area (TPSA) is 95.5 Å². The third kappa shape index (κ3) is 4.03. The number of hydrogen-bond acceptors (Lipinski definition) is 4. The van der Waals surface area contributed by atoms with Gasteiger partial charge in [0.25, 0.3) is 0 Å². The number of nitrogens with one attached hydrogen (secondary N) is 2. The molecule has 1 aliphatic carbocycles. The van der Waals surface area contributed by atoms with Crippen LogP contribution in [0.1, 0.15) is 24.8 Å². The van der Waals surface area contributed by atoms with Crippen molar-refractivity contribution in [2.24, 2.45) is 11.8 Å². The van der Waals surface area contributed by atoms with Crippen molar-refractivity contribution in [2.45, 2.75) is 30.9 Å². The van der Waals surface area contributed by atoms with E-state index in [9.17, 15) is 18.3 Å². The summed E-state index contributed by atoms with van der Waals surface area (Å²) in [6.07, 6.45) is 2.71. The largest absolute Gasteiger partial charge is 0.481 e. The number of rotatable bonds is 7. The second kappa shape index (κ2) is 6.49. The zero-order valence-corrected chi connectivity index (χ0v) is 13.7. The van der Waals surface area contributed by atoms with E-state index in [2.05, 4.69) is 10.0 Å². The summed E-state index contributed by atoms with van der Waals surface area (Å²) in [5.41, 5.74) is 1.36. The molecule has 3 rings (SSSR count). The maximum Gasteiger partial charge on any atom is 0.307 e. The van der Waals surface area contributed by atoms with E-state index >= 15 is 0 Å². The fourth-order valence-electron chi connectivity index (χ4n) is 3.12. The molecule has 0 aromatic heterocycles. The summed E-state index contributed by atoms with van der Waals surface area (Å²) in [5, 5.41) is 12.4. The zero-order chi connectivity index (χ0) is 16.4. The van der Waals surface area contributed by atoms with Gasteiger partial charge in [-0.3, -0.25) is 9.52 Å². The van der Waals surface area contributed by atoms with Crippen LogP contribution in [0.2, 0.25) is 0 Å². The Morgan fingerprint density at radius 1 is 1.35 bits per heavy atom. The molecular weight excluding hydrogens is 316 g/mol. The van der Waals surface area contributed by atoms with Crippen LogP contribution in [0.4, 0.5) is 5.69 Å². The first kappa shape index (κ1) is 16.3. The Morgan fingerprint density at radius 3 is 2.74 bits per heavy atom. The van der Waals surface area contributed by atoms with Gasteiger partial charge in [-0.15, -0.1) is 0 Å². The highest BCUT2D eigenvalue weighted by atomic mass is 32.2. The molecule has 0 spiro atoms. The molecule has 1 aromatic carbocycles. The lowest BCUT2D eigenvalue weighted by Gasteiger charge is -2.19. The van der Waals surface area contributed by atoms with Gasteiger partial charge in [0.2, 0.25) is 10.0 Å². The molecule has 0 radical (unpaired) electrons. The SMILES string of the molecule is O=C(O)[C@@H](Cc1cccc(NS(=O)(=O)C2CC2)c1)[C@H]1CCNC1. The minimum atomic E-state index is -3.29. The lowest BCUT2D eigenvalue weighted by atomic mass is 9.86. The highest BCUT2D eigenvalue weighted by Gasteiger charge is 2.36. The molecule has 126 valence electrons. The molecule has 1 saturated heterocycles. The minimum absolute atomic E-state index is 0.124. The molecule has 1 aliphatic heterocycles. The first-order valence-electron chi connectivity index (χ1n) is 8.00. The Kier molecular flexibility index (Phi) is 4.59. The first-order valence-corrected chi connectivity index (χ1v) is 9.54. The van der Waals surface area contributed by atoms with E-state index in [0.717, 1.165) is 25.1 Å². The summed E-state index contributed by atoms with van der Waals surface area (Å²) in [7, 11) is -3.29. The first-order chi connectivity index (χ1) is 11.0. The van der Waals surface area contributed by atoms with E-state index < -0.39 is 21.9 Å². The fourth-order valence-corrected chi connectivity index (χ4v) is 4.50. The van der Waals surface area contributed by atoms with Gasteiger partial charge in [-0.25, -0.2) is 8.42 Å². The number of benzene rings is 1. The Balaban J connectivity index is 1.72. The second-order valence-corrected chi connectivity index (χ2v) is 8.41. The second-order valence-electron chi connectivity index (χ2n) is 6.45. The molecule has 2 atom stereocenters. The van der Waals surface area contributed by atoms with Gasteiger partial charge < -0.3 is 10.4 Å². The molecule has 2 aliphatic rings. The molecule has 1 aromatic rings. The highest BCUT2D eigenvalue weighted by molar-refractivity contribution is 7.93.